The van der Waals surface area contributed by atoms with E-state index in [9.17, 15) is 17.2 Å². The number of nitrogens with zero attached hydrogens (tertiary/aromatic N) is 1. The summed E-state index contributed by atoms with van der Waals surface area (Å²) < 4.78 is 68.3. The van der Waals surface area contributed by atoms with E-state index in [1.165, 1.54) is 16.4 Å². The summed E-state index contributed by atoms with van der Waals surface area (Å²) in [6, 6.07) is 13.2. The lowest BCUT2D eigenvalue weighted by Gasteiger charge is -2.37. The molecular weight excluding hydrogens is 436 g/mol. The first-order valence-electron chi connectivity index (χ1n) is 11.0. The normalized spacial score (nSPS) is 25.3. The van der Waals surface area contributed by atoms with Crippen LogP contribution in [0.4, 0.5) is 8.78 Å². The van der Waals surface area contributed by atoms with Gasteiger partial charge in [-0.1, -0.05) is 36.4 Å². The van der Waals surface area contributed by atoms with E-state index in [0.717, 1.165) is 5.56 Å². The lowest BCUT2D eigenvalue weighted by molar-refractivity contribution is -0.0324. The Kier molecular flexibility index (Phi) is 6.83. The maximum Gasteiger partial charge on any atom is 0.221 e. The highest BCUT2D eigenvalue weighted by Gasteiger charge is 2.40. The van der Waals surface area contributed by atoms with Crippen LogP contribution in [0.5, 0.6) is 5.75 Å². The van der Waals surface area contributed by atoms with Crippen molar-refractivity contribution in [2.45, 2.75) is 56.1 Å². The van der Waals surface area contributed by atoms with Crippen molar-refractivity contribution in [2.75, 3.05) is 19.8 Å². The molecule has 2 atom stereocenters. The molecule has 2 heterocycles. The van der Waals surface area contributed by atoms with Crippen LogP contribution in [0.15, 0.2) is 48.5 Å². The van der Waals surface area contributed by atoms with E-state index >= 15 is 0 Å². The van der Waals surface area contributed by atoms with Crippen LogP contribution in [0.25, 0.3) is 0 Å². The number of halogens is 2. The number of ether oxygens (including phenoxy) is 2. The third kappa shape index (κ3) is 4.97. The first-order valence-corrected chi connectivity index (χ1v) is 12.5. The molecule has 2 aromatic rings. The van der Waals surface area contributed by atoms with Crippen LogP contribution in [-0.2, 0) is 21.3 Å². The van der Waals surface area contributed by atoms with Gasteiger partial charge in [0, 0.05) is 50.3 Å². The Morgan fingerprint density at radius 1 is 1.12 bits per heavy atom. The van der Waals surface area contributed by atoms with Crippen molar-refractivity contribution in [2.24, 2.45) is 0 Å². The van der Waals surface area contributed by atoms with E-state index in [2.05, 4.69) is 0 Å². The standard InChI is InChI=1S/C24H29F2NO4S/c1-18-7-10-23(19-5-3-2-4-6-19)32(28,29)27(18)16-20-8-9-21(15-22(20)25)31-17-24(26)11-13-30-14-12-24/h2-6,8-9,15,18,23H,7,10-14,16-17H2,1H3. The molecule has 2 fully saturated rings. The zero-order chi connectivity index (χ0) is 22.8. The SMILES string of the molecule is CC1CCC(c2ccccc2)S(=O)(=O)N1Cc1ccc(OCC2(F)CCOCC2)cc1F. The first-order chi connectivity index (χ1) is 15.3. The topological polar surface area (TPSA) is 55.8 Å². The number of sulfonamides is 1. The molecule has 2 saturated heterocycles. The lowest BCUT2D eigenvalue weighted by atomic mass is 9.98. The number of rotatable bonds is 6. The van der Waals surface area contributed by atoms with Crippen molar-refractivity contribution >= 4 is 10.0 Å². The number of hydrogen-bond acceptors (Lipinski definition) is 4. The zero-order valence-electron chi connectivity index (χ0n) is 18.2. The van der Waals surface area contributed by atoms with Gasteiger partial charge in [-0.25, -0.2) is 17.2 Å². The molecule has 2 aromatic carbocycles. The maximum atomic E-state index is 14.8. The van der Waals surface area contributed by atoms with Gasteiger partial charge in [0.05, 0.1) is 0 Å². The second-order valence-corrected chi connectivity index (χ2v) is 10.8. The molecule has 0 aromatic heterocycles. The highest BCUT2D eigenvalue weighted by Crippen LogP contribution is 2.38. The Balaban J connectivity index is 1.47. The molecular formula is C24H29F2NO4S. The summed E-state index contributed by atoms with van der Waals surface area (Å²) in [6.07, 6.45) is 1.74. The summed E-state index contributed by atoms with van der Waals surface area (Å²) in [5, 5.41) is -0.634. The average molecular weight is 466 g/mol. The minimum Gasteiger partial charge on any atom is -0.490 e. The van der Waals surface area contributed by atoms with Crippen LogP contribution in [0.2, 0.25) is 0 Å². The molecule has 0 radical (unpaired) electrons. The molecule has 32 heavy (non-hydrogen) atoms. The molecule has 0 bridgehead atoms. The smallest absolute Gasteiger partial charge is 0.221 e. The number of hydrogen-bond donors (Lipinski definition) is 0. The van der Waals surface area contributed by atoms with Crippen molar-refractivity contribution in [1.29, 1.82) is 0 Å². The summed E-state index contributed by atoms with van der Waals surface area (Å²) in [4.78, 5) is 0. The lowest BCUT2D eigenvalue weighted by Crippen LogP contribution is -2.44. The van der Waals surface area contributed by atoms with Crippen LogP contribution in [0, 0.1) is 5.82 Å². The Morgan fingerprint density at radius 3 is 2.53 bits per heavy atom. The van der Waals surface area contributed by atoms with Crippen LogP contribution in [0.3, 0.4) is 0 Å². The largest absolute Gasteiger partial charge is 0.490 e. The van der Waals surface area contributed by atoms with Gasteiger partial charge in [-0.05, 0) is 31.4 Å². The van der Waals surface area contributed by atoms with Gasteiger partial charge in [0.15, 0.2) is 0 Å². The minimum absolute atomic E-state index is 0.0522. The van der Waals surface area contributed by atoms with E-state index in [1.807, 2.05) is 37.3 Å². The fraction of sp³-hybridized carbons (Fsp3) is 0.500. The monoisotopic (exact) mass is 465 g/mol. The molecule has 0 spiro atoms. The van der Waals surface area contributed by atoms with Crippen LogP contribution in [0.1, 0.15) is 49.0 Å². The van der Waals surface area contributed by atoms with Crippen molar-refractivity contribution in [3.8, 4) is 5.75 Å². The minimum atomic E-state index is -3.65. The van der Waals surface area contributed by atoms with Crippen molar-refractivity contribution in [3.63, 3.8) is 0 Å². The summed E-state index contributed by atoms with van der Waals surface area (Å²) in [6.45, 7) is 2.33. The third-order valence-corrected chi connectivity index (χ3v) is 8.80. The maximum absolute atomic E-state index is 14.8. The zero-order valence-corrected chi connectivity index (χ0v) is 19.0. The van der Waals surface area contributed by atoms with E-state index < -0.39 is 26.8 Å². The highest BCUT2D eigenvalue weighted by molar-refractivity contribution is 7.89. The fourth-order valence-electron chi connectivity index (χ4n) is 4.36. The third-order valence-electron chi connectivity index (χ3n) is 6.43. The van der Waals surface area contributed by atoms with Gasteiger partial charge in [0.25, 0.3) is 0 Å². The van der Waals surface area contributed by atoms with Gasteiger partial charge >= 0.3 is 0 Å². The summed E-state index contributed by atoms with van der Waals surface area (Å²) >= 11 is 0. The molecule has 0 N–H and O–H groups in total. The molecule has 2 aliphatic rings. The summed E-state index contributed by atoms with van der Waals surface area (Å²) in [7, 11) is -3.65. The Hall–Kier alpha value is -2.03. The van der Waals surface area contributed by atoms with Crippen molar-refractivity contribution in [3.05, 3.63) is 65.5 Å². The molecule has 8 heteroatoms. The van der Waals surface area contributed by atoms with E-state index in [-0.39, 0.29) is 43.3 Å². The molecule has 0 amide bonds. The molecule has 174 valence electrons. The predicted molar refractivity (Wildman–Crippen MR) is 118 cm³/mol. The van der Waals surface area contributed by atoms with Gasteiger partial charge < -0.3 is 9.47 Å². The fourth-order valence-corrected chi connectivity index (χ4v) is 6.55. The number of benzene rings is 2. The van der Waals surface area contributed by atoms with Gasteiger partial charge in [0.2, 0.25) is 10.0 Å². The van der Waals surface area contributed by atoms with Gasteiger partial charge in [-0.2, -0.15) is 4.31 Å². The Morgan fingerprint density at radius 2 is 1.84 bits per heavy atom. The van der Waals surface area contributed by atoms with Crippen molar-refractivity contribution < 1.29 is 26.7 Å². The molecule has 2 aliphatic heterocycles. The second kappa shape index (κ2) is 9.45. The summed E-state index contributed by atoms with van der Waals surface area (Å²) in [5.74, 6) is -0.335. The van der Waals surface area contributed by atoms with E-state index in [1.54, 1.807) is 6.07 Å². The average Bonchev–Trinajstić information content (AvgIpc) is 2.77. The number of alkyl halides is 1. The first kappa shape index (κ1) is 23.1. The molecule has 2 unspecified atom stereocenters. The van der Waals surface area contributed by atoms with Crippen LogP contribution < -0.4 is 4.74 Å². The van der Waals surface area contributed by atoms with Gasteiger partial charge in [-0.3, -0.25) is 0 Å². The predicted octanol–water partition coefficient (Wildman–Crippen LogP) is 4.78. The molecule has 0 saturated carbocycles. The van der Waals surface area contributed by atoms with Crippen molar-refractivity contribution in [1.82, 2.24) is 4.31 Å². The van der Waals surface area contributed by atoms with Gasteiger partial charge in [0.1, 0.15) is 29.1 Å². The molecule has 5 nitrogen and oxygen atoms in total. The van der Waals surface area contributed by atoms with E-state index in [4.69, 9.17) is 9.47 Å². The van der Waals surface area contributed by atoms with Gasteiger partial charge in [-0.15, -0.1) is 0 Å². The Bertz CT molecular complexity index is 1030. The van der Waals surface area contributed by atoms with Crippen LogP contribution in [-0.4, -0.2) is 44.3 Å². The molecule has 0 aliphatic carbocycles. The Labute approximate surface area is 188 Å². The quantitative estimate of drug-likeness (QED) is 0.616. The molecule has 4 rings (SSSR count). The van der Waals surface area contributed by atoms with E-state index in [0.29, 0.717) is 26.1 Å². The van der Waals surface area contributed by atoms with Crippen LogP contribution >= 0.6 is 0 Å². The highest BCUT2D eigenvalue weighted by atomic mass is 32.2. The second-order valence-electron chi connectivity index (χ2n) is 8.72. The summed E-state index contributed by atoms with van der Waals surface area (Å²) in [5.41, 5.74) is -0.457.